The van der Waals surface area contributed by atoms with Gasteiger partial charge in [-0.2, -0.15) is 0 Å². The monoisotopic (exact) mass is 270 g/mol. The van der Waals surface area contributed by atoms with Crippen LogP contribution < -0.4 is 0 Å². The van der Waals surface area contributed by atoms with E-state index >= 15 is 0 Å². The van der Waals surface area contributed by atoms with Crippen LogP contribution in [0.2, 0.25) is 0 Å². The molecule has 0 spiro atoms. The van der Waals surface area contributed by atoms with Crippen molar-refractivity contribution in [3.63, 3.8) is 0 Å². The van der Waals surface area contributed by atoms with Crippen LogP contribution in [0.25, 0.3) is 0 Å². The van der Waals surface area contributed by atoms with Gasteiger partial charge in [-0.25, -0.2) is 0 Å². The van der Waals surface area contributed by atoms with Gasteiger partial charge in [-0.1, -0.05) is 19.1 Å². The highest BCUT2D eigenvalue weighted by atomic mass is 32.2. The minimum Gasteiger partial charge on any atom is -0.465 e. The summed E-state index contributed by atoms with van der Waals surface area (Å²) < 4.78 is 4.91. The van der Waals surface area contributed by atoms with E-state index in [2.05, 4.69) is 6.58 Å². The Morgan fingerprint density at radius 3 is 2.78 bits per heavy atom. The quantitative estimate of drug-likeness (QED) is 0.569. The Morgan fingerprint density at radius 2 is 2.22 bits per heavy atom. The van der Waals surface area contributed by atoms with Gasteiger partial charge < -0.3 is 4.74 Å². The van der Waals surface area contributed by atoms with E-state index in [0.717, 1.165) is 12.0 Å². The van der Waals surface area contributed by atoms with Crippen molar-refractivity contribution >= 4 is 23.5 Å². The molecule has 0 heterocycles. The summed E-state index contributed by atoms with van der Waals surface area (Å²) in [5.41, 5.74) is 1.07. The Bertz CT molecular complexity index is 338. The maximum atomic E-state index is 11.9. The first-order valence-electron chi connectivity index (χ1n) is 6.41. The first-order valence-corrected chi connectivity index (χ1v) is 7.45. The van der Waals surface area contributed by atoms with E-state index in [4.69, 9.17) is 4.74 Å². The van der Waals surface area contributed by atoms with Crippen molar-refractivity contribution in [2.45, 2.75) is 38.9 Å². The third-order valence-electron chi connectivity index (χ3n) is 3.45. The van der Waals surface area contributed by atoms with Crippen molar-refractivity contribution in [2.75, 3.05) is 12.4 Å². The van der Waals surface area contributed by atoms with Crippen LogP contribution in [-0.4, -0.2) is 29.4 Å². The Balaban J connectivity index is 2.54. The molecule has 0 radical (unpaired) electrons. The second-order valence-corrected chi connectivity index (χ2v) is 6.12. The zero-order valence-corrected chi connectivity index (χ0v) is 12.2. The van der Waals surface area contributed by atoms with Gasteiger partial charge >= 0.3 is 5.97 Å². The molecule has 0 aromatic heterocycles. The predicted molar refractivity (Wildman–Crippen MR) is 74.6 cm³/mol. The molecule has 3 atom stereocenters. The van der Waals surface area contributed by atoms with E-state index in [1.807, 2.05) is 13.8 Å². The fraction of sp³-hybridized carbons (Fsp3) is 0.714. The molecular weight excluding hydrogens is 248 g/mol. The number of esters is 1. The van der Waals surface area contributed by atoms with Crippen LogP contribution in [0, 0.1) is 11.8 Å². The van der Waals surface area contributed by atoms with Crippen LogP contribution in [0.5, 0.6) is 0 Å². The zero-order valence-electron chi connectivity index (χ0n) is 11.4. The van der Waals surface area contributed by atoms with E-state index in [1.54, 1.807) is 18.7 Å². The van der Waals surface area contributed by atoms with Crippen LogP contribution in [0.4, 0.5) is 0 Å². The van der Waals surface area contributed by atoms with E-state index in [9.17, 15) is 9.59 Å². The number of rotatable bonds is 5. The van der Waals surface area contributed by atoms with E-state index in [1.165, 1.54) is 0 Å². The molecule has 1 aliphatic rings. The topological polar surface area (TPSA) is 43.4 Å². The van der Waals surface area contributed by atoms with Crippen molar-refractivity contribution in [2.24, 2.45) is 11.8 Å². The maximum absolute atomic E-state index is 11.9. The number of Topliss-reactive ketones (excluding diaryl/α,β-unsaturated/α-hetero) is 1. The summed E-state index contributed by atoms with van der Waals surface area (Å²) in [6.07, 6.45) is 1.54. The molecule has 0 bridgehead atoms. The molecule has 1 fully saturated rings. The van der Waals surface area contributed by atoms with Crippen LogP contribution in [0.15, 0.2) is 12.2 Å². The SMILES string of the molecule is C=C(C)C1CC(=O)C(C)C(SCC(=O)OCC)C1. The van der Waals surface area contributed by atoms with E-state index in [-0.39, 0.29) is 28.8 Å². The normalized spacial score (nSPS) is 27.9. The molecule has 0 aliphatic heterocycles. The number of carbonyl (C=O) groups excluding carboxylic acids is 2. The standard InChI is InChI=1S/C14H22O3S/c1-5-17-14(16)8-18-13-7-11(9(2)3)6-12(15)10(13)4/h10-11,13H,2,5-8H2,1,3-4H3. The van der Waals surface area contributed by atoms with Crippen LogP contribution in [0.3, 0.4) is 0 Å². The number of carbonyl (C=O) groups is 2. The maximum Gasteiger partial charge on any atom is 0.315 e. The van der Waals surface area contributed by atoms with Gasteiger partial charge in [0.15, 0.2) is 0 Å². The molecule has 0 N–H and O–H groups in total. The molecular formula is C14H22O3S. The fourth-order valence-electron chi connectivity index (χ4n) is 2.17. The predicted octanol–water partition coefficient (Wildman–Crippen LogP) is 2.84. The summed E-state index contributed by atoms with van der Waals surface area (Å²) in [5, 5.41) is 0.206. The molecule has 0 amide bonds. The summed E-state index contributed by atoms with van der Waals surface area (Å²) in [6, 6.07) is 0. The van der Waals surface area contributed by atoms with Gasteiger partial charge in [0.05, 0.1) is 12.4 Å². The summed E-state index contributed by atoms with van der Waals surface area (Å²) in [6.45, 7) is 10.1. The average Bonchev–Trinajstić information content (AvgIpc) is 2.31. The van der Waals surface area contributed by atoms with Gasteiger partial charge in [0.25, 0.3) is 0 Å². The molecule has 1 saturated carbocycles. The van der Waals surface area contributed by atoms with Crippen LogP contribution in [-0.2, 0) is 14.3 Å². The third-order valence-corrected chi connectivity index (χ3v) is 4.88. The average molecular weight is 270 g/mol. The van der Waals surface area contributed by atoms with Crippen LogP contribution in [0.1, 0.15) is 33.6 Å². The number of hydrogen-bond acceptors (Lipinski definition) is 4. The minimum absolute atomic E-state index is 0.0278. The molecule has 4 heteroatoms. The lowest BCUT2D eigenvalue weighted by Crippen LogP contribution is -2.34. The molecule has 0 saturated heterocycles. The van der Waals surface area contributed by atoms with Gasteiger partial charge in [-0.3, -0.25) is 9.59 Å². The molecule has 102 valence electrons. The van der Waals surface area contributed by atoms with Crippen molar-refractivity contribution < 1.29 is 14.3 Å². The molecule has 1 rings (SSSR count). The van der Waals surface area contributed by atoms with Crippen molar-refractivity contribution in [3.05, 3.63) is 12.2 Å². The highest BCUT2D eigenvalue weighted by Gasteiger charge is 2.34. The van der Waals surface area contributed by atoms with Gasteiger partial charge in [-0.05, 0) is 26.2 Å². The Hall–Kier alpha value is -0.770. The lowest BCUT2D eigenvalue weighted by molar-refractivity contribution is -0.139. The highest BCUT2D eigenvalue weighted by molar-refractivity contribution is 8.00. The van der Waals surface area contributed by atoms with Gasteiger partial charge in [0.1, 0.15) is 5.78 Å². The second-order valence-electron chi connectivity index (χ2n) is 4.89. The third kappa shape index (κ3) is 4.16. The smallest absolute Gasteiger partial charge is 0.315 e. The van der Waals surface area contributed by atoms with E-state index in [0.29, 0.717) is 18.8 Å². The molecule has 3 nitrogen and oxygen atoms in total. The largest absolute Gasteiger partial charge is 0.465 e. The van der Waals surface area contributed by atoms with Crippen molar-refractivity contribution in [3.8, 4) is 0 Å². The lowest BCUT2D eigenvalue weighted by atomic mass is 9.79. The Labute approximate surface area is 113 Å². The number of ketones is 1. The van der Waals surface area contributed by atoms with Gasteiger partial charge in [0, 0.05) is 17.6 Å². The van der Waals surface area contributed by atoms with E-state index < -0.39 is 0 Å². The lowest BCUT2D eigenvalue weighted by Gasteiger charge is -2.33. The number of allylic oxidation sites excluding steroid dienone is 1. The fourth-order valence-corrected chi connectivity index (χ4v) is 3.41. The molecule has 18 heavy (non-hydrogen) atoms. The van der Waals surface area contributed by atoms with Gasteiger partial charge in [0.2, 0.25) is 0 Å². The second kappa shape index (κ2) is 6.98. The molecule has 1 aliphatic carbocycles. The van der Waals surface area contributed by atoms with Crippen LogP contribution >= 0.6 is 11.8 Å². The highest BCUT2D eigenvalue weighted by Crippen LogP contribution is 2.37. The van der Waals surface area contributed by atoms with Crippen molar-refractivity contribution in [1.29, 1.82) is 0 Å². The number of hydrogen-bond donors (Lipinski definition) is 0. The summed E-state index contributed by atoms with van der Waals surface area (Å²) >= 11 is 1.54. The zero-order chi connectivity index (χ0) is 13.7. The summed E-state index contributed by atoms with van der Waals surface area (Å²) in [7, 11) is 0. The summed E-state index contributed by atoms with van der Waals surface area (Å²) in [5.74, 6) is 0.725. The first kappa shape index (κ1) is 15.3. The molecule has 3 unspecified atom stereocenters. The first-order chi connectivity index (χ1) is 8.45. The Morgan fingerprint density at radius 1 is 1.56 bits per heavy atom. The molecule has 0 aromatic rings. The van der Waals surface area contributed by atoms with Gasteiger partial charge in [-0.15, -0.1) is 11.8 Å². The number of ether oxygens (including phenoxy) is 1. The van der Waals surface area contributed by atoms with Crippen molar-refractivity contribution in [1.82, 2.24) is 0 Å². The Kier molecular flexibility index (Phi) is 5.93. The minimum atomic E-state index is -0.195. The molecule has 0 aromatic carbocycles. The number of thioether (sulfide) groups is 1. The summed E-state index contributed by atoms with van der Waals surface area (Å²) in [4.78, 5) is 23.3.